The number of pyridine rings is 1. The van der Waals surface area contributed by atoms with Crippen LogP contribution in [0.2, 0.25) is 0 Å². The minimum atomic E-state index is -0.0748. The lowest BCUT2D eigenvalue weighted by atomic mass is 10.1. The van der Waals surface area contributed by atoms with Crippen molar-refractivity contribution in [1.29, 1.82) is 0 Å². The maximum atomic E-state index is 12.5. The van der Waals surface area contributed by atoms with Crippen LogP contribution in [-0.2, 0) is 4.74 Å². The standard InChI is InChI=1S/C13H19N3O2/c1-9-4-3-5-15-12(9)13(17)16-7-11(6-14)18-8-10(16)2/h3-5,10-11H,6-8,14H2,1-2H3. The average molecular weight is 249 g/mol. The largest absolute Gasteiger partial charge is 0.373 e. The van der Waals surface area contributed by atoms with E-state index in [0.717, 1.165) is 5.56 Å². The van der Waals surface area contributed by atoms with Crippen molar-refractivity contribution in [1.82, 2.24) is 9.88 Å². The molecule has 2 N–H and O–H groups in total. The molecule has 2 unspecified atom stereocenters. The fourth-order valence-electron chi connectivity index (χ4n) is 2.09. The first-order valence-corrected chi connectivity index (χ1v) is 6.17. The molecule has 0 spiro atoms. The molecule has 1 saturated heterocycles. The Hall–Kier alpha value is -1.46. The van der Waals surface area contributed by atoms with Gasteiger partial charge in [-0.1, -0.05) is 6.07 Å². The third-order valence-electron chi connectivity index (χ3n) is 3.24. The van der Waals surface area contributed by atoms with Crippen molar-refractivity contribution in [3.63, 3.8) is 0 Å². The summed E-state index contributed by atoms with van der Waals surface area (Å²) >= 11 is 0. The third-order valence-corrected chi connectivity index (χ3v) is 3.24. The highest BCUT2D eigenvalue weighted by molar-refractivity contribution is 5.93. The molecule has 0 aliphatic carbocycles. The van der Waals surface area contributed by atoms with E-state index in [1.807, 2.05) is 26.0 Å². The quantitative estimate of drug-likeness (QED) is 0.832. The number of aryl methyl sites for hydroxylation is 1. The second-order valence-corrected chi connectivity index (χ2v) is 4.67. The Bertz CT molecular complexity index is 436. The van der Waals surface area contributed by atoms with Crippen LogP contribution in [0.15, 0.2) is 18.3 Å². The molecular weight excluding hydrogens is 230 g/mol. The van der Waals surface area contributed by atoms with E-state index in [4.69, 9.17) is 10.5 Å². The van der Waals surface area contributed by atoms with Gasteiger partial charge in [0.15, 0.2) is 0 Å². The predicted octanol–water partition coefficient (Wildman–Crippen LogP) is 0.578. The van der Waals surface area contributed by atoms with Crippen LogP contribution in [0.5, 0.6) is 0 Å². The van der Waals surface area contributed by atoms with Crippen molar-refractivity contribution in [3.05, 3.63) is 29.6 Å². The normalized spacial score (nSPS) is 24.1. The molecule has 5 heteroatoms. The van der Waals surface area contributed by atoms with Crippen LogP contribution < -0.4 is 5.73 Å². The molecule has 5 nitrogen and oxygen atoms in total. The van der Waals surface area contributed by atoms with Gasteiger partial charge in [-0.25, -0.2) is 0 Å². The molecule has 0 bridgehead atoms. The van der Waals surface area contributed by atoms with E-state index in [-0.39, 0.29) is 18.1 Å². The molecule has 1 fully saturated rings. The van der Waals surface area contributed by atoms with E-state index < -0.39 is 0 Å². The van der Waals surface area contributed by atoms with Gasteiger partial charge < -0.3 is 15.4 Å². The Balaban J connectivity index is 2.19. The van der Waals surface area contributed by atoms with Crippen LogP contribution in [0.1, 0.15) is 23.0 Å². The topological polar surface area (TPSA) is 68.5 Å². The highest BCUT2D eigenvalue weighted by atomic mass is 16.5. The first kappa shape index (κ1) is 13.0. The Morgan fingerprint density at radius 1 is 1.67 bits per heavy atom. The summed E-state index contributed by atoms with van der Waals surface area (Å²) in [7, 11) is 0. The molecule has 1 aromatic rings. The van der Waals surface area contributed by atoms with Crippen molar-refractivity contribution in [3.8, 4) is 0 Å². The Morgan fingerprint density at radius 3 is 3.11 bits per heavy atom. The lowest BCUT2D eigenvalue weighted by Crippen LogP contribution is -2.53. The van der Waals surface area contributed by atoms with Crippen molar-refractivity contribution >= 4 is 5.91 Å². The maximum Gasteiger partial charge on any atom is 0.273 e. The molecule has 0 radical (unpaired) electrons. The summed E-state index contributed by atoms with van der Waals surface area (Å²) in [6, 6.07) is 3.78. The van der Waals surface area contributed by atoms with Gasteiger partial charge in [0.25, 0.3) is 5.91 Å². The van der Waals surface area contributed by atoms with Gasteiger partial charge in [0.1, 0.15) is 5.69 Å². The van der Waals surface area contributed by atoms with Gasteiger partial charge in [0.2, 0.25) is 0 Å². The number of amides is 1. The second-order valence-electron chi connectivity index (χ2n) is 4.67. The van der Waals surface area contributed by atoms with Crippen LogP contribution in [-0.4, -0.2) is 47.6 Å². The van der Waals surface area contributed by atoms with E-state index in [1.54, 1.807) is 11.1 Å². The molecule has 1 amide bonds. The summed E-state index contributed by atoms with van der Waals surface area (Å²) in [5, 5.41) is 0. The second kappa shape index (κ2) is 5.46. The number of carbonyl (C=O) groups excluding carboxylic acids is 1. The van der Waals surface area contributed by atoms with Crippen molar-refractivity contribution in [2.45, 2.75) is 26.0 Å². The highest BCUT2D eigenvalue weighted by Gasteiger charge is 2.30. The monoisotopic (exact) mass is 249 g/mol. The summed E-state index contributed by atoms with van der Waals surface area (Å²) in [6.45, 7) is 5.36. The van der Waals surface area contributed by atoms with E-state index in [9.17, 15) is 4.79 Å². The number of nitrogens with two attached hydrogens (primary N) is 1. The smallest absolute Gasteiger partial charge is 0.273 e. The van der Waals surface area contributed by atoms with Crippen LogP contribution in [0.25, 0.3) is 0 Å². The number of morpholine rings is 1. The van der Waals surface area contributed by atoms with Crippen LogP contribution in [0.4, 0.5) is 0 Å². The maximum absolute atomic E-state index is 12.5. The number of aromatic nitrogens is 1. The average Bonchev–Trinajstić information content (AvgIpc) is 2.39. The number of hydrogen-bond acceptors (Lipinski definition) is 4. The van der Waals surface area contributed by atoms with Crippen molar-refractivity contribution in [2.75, 3.05) is 19.7 Å². The third kappa shape index (κ3) is 2.52. The molecular formula is C13H19N3O2. The molecule has 2 rings (SSSR count). The zero-order chi connectivity index (χ0) is 13.1. The summed E-state index contributed by atoms with van der Waals surface area (Å²) in [4.78, 5) is 18.4. The van der Waals surface area contributed by atoms with Crippen molar-refractivity contribution < 1.29 is 9.53 Å². The molecule has 1 aliphatic heterocycles. The van der Waals surface area contributed by atoms with Gasteiger partial charge in [0, 0.05) is 19.3 Å². The Morgan fingerprint density at radius 2 is 2.44 bits per heavy atom. The molecule has 0 saturated carbocycles. The number of carbonyl (C=O) groups is 1. The summed E-state index contributed by atoms with van der Waals surface area (Å²) in [5.74, 6) is -0.0395. The number of hydrogen-bond donors (Lipinski definition) is 1. The first-order valence-electron chi connectivity index (χ1n) is 6.17. The Kier molecular flexibility index (Phi) is 3.93. The molecule has 1 aromatic heterocycles. The minimum Gasteiger partial charge on any atom is -0.373 e. The molecule has 0 aromatic carbocycles. The lowest BCUT2D eigenvalue weighted by molar-refractivity contribution is -0.0428. The van der Waals surface area contributed by atoms with Gasteiger partial charge in [0.05, 0.1) is 18.8 Å². The van der Waals surface area contributed by atoms with Gasteiger partial charge in [-0.05, 0) is 25.5 Å². The summed E-state index contributed by atoms with van der Waals surface area (Å²) < 4.78 is 5.55. The van der Waals surface area contributed by atoms with E-state index in [1.165, 1.54) is 0 Å². The predicted molar refractivity (Wildman–Crippen MR) is 68.3 cm³/mol. The van der Waals surface area contributed by atoms with Crippen molar-refractivity contribution in [2.24, 2.45) is 5.73 Å². The molecule has 2 heterocycles. The Labute approximate surface area is 107 Å². The SMILES string of the molecule is Cc1cccnc1C(=O)N1CC(CN)OCC1C. The first-order chi connectivity index (χ1) is 8.63. The van der Waals surface area contributed by atoms with E-state index in [2.05, 4.69) is 4.98 Å². The van der Waals surface area contributed by atoms with Gasteiger partial charge in [-0.15, -0.1) is 0 Å². The van der Waals surface area contributed by atoms with Crippen LogP contribution >= 0.6 is 0 Å². The molecule has 1 aliphatic rings. The minimum absolute atomic E-state index is 0.0395. The zero-order valence-corrected chi connectivity index (χ0v) is 10.8. The highest BCUT2D eigenvalue weighted by Crippen LogP contribution is 2.16. The fraction of sp³-hybridized carbons (Fsp3) is 0.538. The fourth-order valence-corrected chi connectivity index (χ4v) is 2.09. The summed E-state index contributed by atoms with van der Waals surface area (Å²) in [5.41, 5.74) is 7.01. The number of rotatable bonds is 2. The van der Waals surface area contributed by atoms with Crippen LogP contribution in [0.3, 0.4) is 0 Å². The van der Waals surface area contributed by atoms with E-state index in [0.29, 0.717) is 25.4 Å². The molecule has 18 heavy (non-hydrogen) atoms. The lowest BCUT2D eigenvalue weighted by Gasteiger charge is -2.37. The molecule has 98 valence electrons. The van der Waals surface area contributed by atoms with Crippen LogP contribution in [0, 0.1) is 6.92 Å². The number of ether oxygens (including phenoxy) is 1. The van der Waals surface area contributed by atoms with E-state index >= 15 is 0 Å². The summed E-state index contributed by atoms with van der Waals surface area (Å²) in [6.07, 6.45) is 1.57. The van der Waals surface area contributed by atoms with Gasteiger partial charge in [-0.2, -0.15) is 0 Å². The molecule has 2 atom stereocenters. The number of nitrogens with zero attached hydrogens (tertiary/aromatic N) is 2. The van der Waals surface area contributed by atoms with Gasteiger partial charge in [-0.3, -0.25) is 9.78 Å². The zero-order valence-electron chi connectivity index (χ0n) is 10.8. The van der Waals surface area contributed by atoms with Gasteiger partial charge >= 0.3 is 0 Å².